The fraction of sp³-hybridized carbons (Fsp3) is 0.400. The van der Waals surface area contributed by atoms with E-state index in [1.807, 2.05) is 18.2 Å². The van der Waals surface area contributed by atoms with Crippen molar-refractivity contribution in [1.82, 2.24) is 5.32 Å². The third-order valence-corrected chi connectivity index (χ3v) is 2.21. The fourth-order valence-corrected chi connectivity index (χ4v) is 1.27. The van der Waals surface area contributed by atoms with Crippen LogP contribution in [0.1, 0.15) is 5.56 Å². The number of benzene rings is 1. The van der Waals surface area contributed by atoms with Gasteiger partial charge in [-0.05, 0) is 6.07 Å². The number of hydrogen-bond donors (Lipinski definition) is 2. The minimum absolute atomic E-state index is 0.357. The van der Waals surface area contributed by atoms with Crippen LogP contribution in [0.2, 0.25) is 0 Å². The van der Waals surface area contributed by atoms with Gasteiger partial charge in [0.1, 0.15) is 5.75 Å². The second-order valence-corrected chi connectivity index (χ2v) is 3.24. The lowest BCUT2D eigenvalue weighted by Crippen LogP contribution is -2.45. The smallest absolute Gasteiger partial charge is 0.120 e. The summed E-state index contributed by atoms with van der Waals surface area (Å²) in [5.74, 6) is 0.357. The van der Waals surface area contributed by atoms with Gasteiger partial charge >= 0.3 is 0 Å². The molecule has 1 aromatic rings. The van der Waals surface area contributed by atoms with Gasteiger partial charge in [0.2, 0.25) is 0 Å². The molecule has 0 bridgehead atoms. The van der Waals surface area contributed by atoms with Crippen molar-refractivity contribution in [2.24, 2.45) is 0 Å². The van der Waals surface area contributed by atoms with Crippen molar-refractivity contribution in [3.05, 3.63) is 29.8 Å². The predicted molar refractivity (Wildman–Crippen MR) is 49.6 cm³/mol. The number of hydrogen-bond acceptors (Lipinski definition) is 3. The molecule has 3 heteroatoms. The summed E-state index contributed by atoms with van der Waals surface area (Å²) in [7, 11) is 0. The topological polar surface area (TPSA) is 41.5 Å². The van der Waals surface area contributed by atoms with Crippen molar-refractivity contribution in [1.29, 1.82) is 0 Å². The highest BCUT2D eigenvalue weighted by Gasteiger charge is 2.17. The number of phenolic OH excluding ortho intramolecular Hbond substituents is 1. The van der Waals surface area contributed by atoms with Crippen molar-refractivity contribution in [2.45, 2.75) is 12.6 Å². The predicted octanol–water partition coefficient (Wildman–Crippen LogP) is 0.881. The van der Waals surface area contributed by atoms with E-state index in [-0.39, 0.29) is 0 Å². The van der Waals surface area contributed by atoms with Crippen LogP contribution in [-0.4, -0.2) is 24.4 Å². The first kappa shape index (κ1) is 8.53. The Morgan fingerprint density at radius 1 is 1.38 bits per heavy atom. The lowest BCUT2D eigenvalue weighted by atomic mass is 10.2. The van der Waals surface area contributed by atoms with Crippen LogP contribution in [0.4, 0.5) is 0 Å². The van der Waals surface area contributed by atoms with E-state index in [2.05, 4.69) is 5.32 Å². The van der Waals surface area contributed by atoms with Crippen molar-refractivity contribution in [3.63, 3.8) is 0 Å². The Labute approximate surface area is 77.3 Å². The summed E-state index contributed by atoms with van der Waals surface area (Å²) in [5, 5.41) is 12.7. The van der Waals surface area contributed by atoms with Crippen LogP contribution in [-0.2, 0) is 11.3 Å². The Morgan fingerprint density at radius 3 is 2.77 bits per heavy atom. The third-order valence-electron chi connectivity index (χ3n) is 2.21. The molecular formula is C10H13NO2. The van der Waals surface area contributed by atoms with Gasteiger partial charge in [0.25, 0.3) is 0 Å². The molecule has 0 unspecified atom stereocenters. The third kappa shape index (κ3) is 1.99. The lowest BCUT2D eigenvalue weighted by molar-refractivity contribution is -0.00584. The summed E-state index contributed by atoms with van der Waals surface area (Å²) in [5.41, 5.74) is 0.939. The van der Waals surface area contributed by atoms with Crippen LogP contribution in [0.5, 0.6) is 5.75 Å². The molecule has 13 heavy (non-hydrogen) atoms. The summed E-state index contributed by atoms with van der Waals surface area (Å²) in [4.78, 5) is 0. The van der Waals surface area contributed by atoms with Crippen molar-refractivity contribution < 1.29 is 9.84 Å². The minimum Gasteiger partial charge on any atom is -0.508 e. The first-order chi connectivity index (χ1) is 6.36. The molecule has 1 fully saturated rings. The molecule has 3 nitrogen and oxygen atoms in total. The van der Waals surface area contributed by atoms with Gasteiger partial charge in [0, 0.05) is 12.1 Å². The van der Waals surface area contributed by atoms with Gasteiger partial charge in [-0.15, -0.1) is 0 Å². The fourth-order valence-electron chi connectivity index (χ4n) is 1.27. The SMILES string of the molecule is Oc1ccccc1CNC1COC1. The van der Waals surface area contributed by atoms with Crippen LogP contribution in [0.25, 0.3) is 0 Å². The molecule has 70 valence electrons. The summed E-state index contributed by atoms with van der Waals surface area (Å²) in [6.07, 6.45) is 0. The maximum absolute atomic E-state index is 9.44. The first-order valence-corrected chi connectivity index (χ1v) is 4.44. The molecule has 0 saturated carbocycles. The zero-order chi connectivity index (χ0) is 9.10. The molecule has 0 aromatic heterocycles. The molecule has 1 aliphatic heterocycles. The molecular weight excluding hydrogens is 166 g/mol. The van der Waals surface area contributed by atoms with Crippen molar-refractivity contribution in [2.75, 3.05) is 13.2 Å². The van der Waals surface area contributed by atoms with Crippen molar-refractivity contribution >= 4 is 0 Å². The monoisotopic (exact) mass is 179 g/mol. The quantitative estimate of drug-likeness (QED) is 0.723. The van der Waals surface area contributed by atoms with E-state index in [0.29, 0.717) is 18.3 Å². The maximum atomic E-state index is 9.44. The summed E-state index contributed by atoms with van der Waals surface area (Å²) < 4.78 is 5.03. The molecule has 1 aliphatic rings. The van der Waals surface area contributed by atoms with Gasteiger partial charge < -0.3 is 15.2 Å². The van der Waals surface area contributed by atoms with Crippen LogP contribution in [0, 0.1) is 0 Å². The molecule has 0 aliphatic carbocycles. The number of aromatic hydroxyl groups is 1. The normalized spacial score (nSPS) is 16.9. The van der Waals surface area contributed by atoms with Crippen LogP contribution >= 0.6 is 0 Å². The Kier molecular flexibility index (Phi) is 2.47. The van der Waals surface area contributed by atoms with Gasteiger partial charge in [-0.3, -0.25) is 0 Å². The Balaban J connectivity index is 1.89. The second kappa shape index (κ2) is 3.77. The largest absolute Gasteiger partial charge is 0.508 e. The van der Waals surface area contributed by atoms with Gasteiger partial charge in [-0.1, -0.05) is 18.2 Å². The number of para-hydroxylation sites is 1. The van der Waals surface area contributed by atoms with E-state index in [1.165, 1.54) is 0 Å². The molecule has 1 saturated heterocycles. The maximum Gasteiger partial charge on any atom is 0.120 e. The summed E-state index contributed by atoms with van der Waals surface area (Å²) in [6, 6.07) is 7.83. The molecule has 2 N–H and O–H groups in total. The second-order valence-electron chi connectivity index (χ2n) is 3.24. The van der Waals surface area contributed by atoms with E-state index in [9.17, 15) is 5.11 Å². The van der Waals surface area contributed by atoms with E-state index in [1.54, 1.807) is 6.07 Å². The standard InChI is InChI=1S/C10H13NO2/c12-10-4-2-1-3-8(10)5-11-9-6-13-7-9/h1-4,9,11-12H,5-7H2. The zero-order valence-corrected chi connectivity index (χ0v) is 7.36. The van der Waals surface area contributed by atoms with Crippen LogP contribution in [0.15, 0.2) is 24.3 Å². The van der Waals surface area contributed by atoms with E-state index < -0.39 is 0 Å². The highest BCUT2D eigenvalue weighted by molar-refractivity contribution is 5.31. The van der Waals surface area contributed by atoms with E-state index in [0.717, 1.165) is 18.8 Å². The average Bonchev–Trinajstić information content (AvgIpc) is 2.05. The van der Waals surface area contributed by atoms with Gasteiger partial charge in [0.05, 0.1) is 19.3 Å². The minimum atomic E-state index is 0.357. The number of rotatable bonds is 3. The molecule has 0 spiro atoms. The van der Waals surface area contributed by atoms with Crippen molar-refractivity contribution in [3.8, 4) is 5.75 Å². The average molecular weight is 179 g/mol. The number of phenols is 1. The first-order valence-electron chi connectivity index (χ1n) is 4.44. The van der Waals surface area contributed by atoms with Gasteiger partial charge in [0.15, 0.2) is 0 Å². The van der Waals surface area contributed by atoms with Gasteiger partial charge in [-0.2, -0.15) is 0 Å². The highest BCUT2D eigenvalue weighted by atomic mass is 16.5. The molecule has 0 atom stereocenters. The molecule has 1 heterocycles. The van der Waals surface area contributed by atoms with Crippen LogP contribution in [0.3, 0.4) is 0 Å². The molecule has 1 aromatic carbocycles. The van der Waals surface area contributed by atoms with E-state index >= 15 is 0 Å². The summed E-state index contributed by atoms with van der Waals surface area (Å²) in [6.45, 7) is 2.28. The highest BCUT2D eigenvalue weighted by Crippen LogP contribution is 2.15. The Bertz CT molecular complexity index is 284. The molecule has 2 rings (SSSR count). The van der Waals surface area contributed by atoms with Gasteiger partial charge in [-0.25, -0.2) is 0 Å². The Hall–Kier alpha value is -1.06. The van der Waals surface area contributed by atoms with Crippen LogP contribution < -0.4 is 5.32 Å². The Morgan fingerprint density at radius 2 is 2.15 bits per heavy atom. The lowest BCUT2D eigenvalue weighted by Gasteiger charge is -2.27. The van der Waals surface area contributed by atoms with E-state index in [4.69, 9.17) is 4.74 Å². The summed E-state index contributed by atoms with van der Waals surface area (Å²) >= 11 is 0. The molecule has 0 radical (unpaired) electrons. The zero-order valence-electron chi connectivity index (χ0n) is 7.36. The molecule has 0 amide bonds. The number of nitrogens with one attached hydrogen (secondary N) is 1. The number of ether oxygens (including phenoxy) is 1.